The van der Waals surface area contributed by atoms with Crippen LogP contribution in [0.15, 0.2) is 22.6 Å². The van der Waals surface area contributed by atoms with Gasteiger partial charge in [-0.05, 0) is 52.8 Å². The fraction of sp³-hybridized carbons (Fsp3) is 0.647. The zero-order chi connectivity index (χ0) is 15.3. The number of nitrogens with zero attached hydrogens (tertiary/aromatic N) is 1. The van der Waals surface area contributed by atoms with Gasteiger partial charge in [0.15, 0.2) is 0 Å². The molecular formula is C17H30N2O. The summed E-state index contributed by atoms with van der Waals surface area (Å²) in [6.07, 6.45) is 0. The molecule has 0 amide bonds. The van der Waals surface area contributed by atoms with Crippen LogP contribution >= 0.6 is 0 Å². The highest BCUT2D eigenvalue weighted by Gasteiger charge is 2.14. The summed E-state index contributed by atoms with van der Waals surface area (Å²) in [5, 5.41) is 3.47. The van der Waals surface area contributed by atoms with E-state index in [1.165, 1.54) is 11.1 Å². The Morgan fingerprint density at radius 3 is 2.55 bits per heavy atom. The lowest BCUT2D eigenvalue weighted by atomic mass is 10.1. The molecule has 0 fully saturated rings. The van der Waals surface area contributed by atoms with E-state index in [1.54, 1.807) is 0 Å². The van der Waals surface area contributed by atoms with Crippen molar-refractivity contribution in [1.29, 1.82) is 0 Å². The Morgan fingerprint density at radius 2 is 2.05 bits per heavy atom. The van der Waals surface area contributed by atoms with E-state index in [4.69, 9.17) is 4.42 Å². The summed E-state index contributed by atoms with van der Waals surface area (Å²) >= 11 is 0. The molecule has 1 rings (SSSR count). The molecule has 1 aromatic heterocycles. The normalized spacial score (nSPS) is 12.2. The van der Waals surface area contributed by atoms with Gasteiger partial charge in [0.1, 0.15) is 11.5 Å². The third kappa shape index (κ3) is 5.93. The van der Waals surface area contributed by atoms with Gasteiger partial charge in [-0.15, -0.1) is 0 Å². The third-order valence-corrected chi connectivity index (χ3v) is 3.17. The molecule has 0 aliphatic carbocycles. The van der Waals surface area contributed by atoms with Crippen LogP contribution in [0.3, 0.4) is 0 Å². The first-order valence-corrected chi connectivity index (χ1v) is 7.41. The summed E-state index contributed by atoms with van der Waals surface area (Å²) in [6.45, 7) is 20.4. The molecule has 114 valence electrons. The zero-order valence-corrected chi connectivity index (χ0v) is 14.0. The quantitative estimate of drug-likeness (QED) is 0.767. The number of aryl methyl sites for hydroxylation is 1. The molecule has 0 saturated heterocycles. The molecule has 0 aliphatic heterocycles. The molecule has 0 radical (unpaired) electrons. The summed E-state index contributed by atoms with van der Waals surface area (Å²) in [5.41, 5.74) is 2.52. The fourth-order valence-corrected chi connectivity index (χ4v) is 2.07. The highest BCUT2D eigenvalue weighted by atomic mass is 16.3. The van der Waals surface area contributed by atoms with Gasteiger partial charge in [-0.3, -0.25) is 4.90 Å². The maximum atomic E-state index is 5.99. The van der Waals surface area contributed by atoms with Crippen molar-refractivity contribution < 1.29 is 4.42 Å². The maximum Gasteiger partial charge on any atom is 0.120 e. The van der Waals surface area contributed by atoms with E-state index in [-0.39, 0.29) is 5.54 Å². The molecule has 3 heteroatoms. The Kier molecular flexibility index (Phi) is 6.03. The van der Waals surface area contributed by atoms with Crippen LogP contribution in [0, 0.1) is 6.92 Å². The van der Waals surface area contributed by atoms with Gasteiger partial charge in [0.25, 0.3) is 0 Å². The summed E-state index contributed by atoms with van der Waals surface area (Å²) in [7, 11) is 0. The van der Waals surface area contributed by atoms with Crippen molar-refractivity contribution in [2.45, 2.75) is 60.2 Å². The topological polar surface area (TPSA) is 28.4 Å². The summed E-state index contributed by atoms with van der Waals surface area (Å²) in [6, 6.07) is 2.15. The lowest BCUT2D eigenvalue weighted by molar-refractivity contribution is 0.269. The van der Waals surface area contributed by atoms with Crippen molar-refractivity contribution in [3.8, 4) is 0 Å². The molecule has 0 spiro atoms. The van der Waals surface area contributed by atoms with Gasteiger partial charge < -0.3 is 9.73 Å². The highest BCUT2D eigenvalue weighted by Crippen LogP contribution is 2.17. The van der Waals surface area contributed by atoms with E-state index in [0.717, 1.165) is 37.7 Å². The highest BCUT2D eigenvalue weighted by molar-refractivity contribution is 5.20. The number of rotatable bonds is 7. The Labute approximate surface area is 124 Å². The SMILES string of the molecule is C=C(C)CN(CC)Cc1cc(C)c(CNC(C)(C)C)o1. The van der Waals surface area contributed by atoms with Crippen LogP contribution in [0.25, 0.3) is 0 Å². The number of likely N-dealkylation sites (N-methyl/N-ethyl adjacent to an activating group) is 1. The number of nitrogens with one attached hydrogen (secondary N) is 1. The minimum Gasteiger partial charge on any atom is -0.463 e. The molecule has 20 heavy (non-hydrogen) atoms. The molecule has 0 atom stereocenters. The minimum absolute atomic E-state index is 0.106. The molecule has 0 aromatic carbocycles. The number of hydrogen-bond donors (Lipinski definition) is 1. The summed E-state index contributed by atoms with van der Waals surface area (Å²) in [4.78, 5) is 2.33. The van der Waals surface area contributed by atoms with Crippen LogP contribution < -0.4 is 5.32 Å². The van der Waals surface area contributed by atoms with Crippen molar-refractivity contribution in [3.05, 3.63) is 35.3 Å². The van der Waals surface area contributed by atoms with Crippen LogP contribution in [0.5, 0.6) is 0 Å². The van der Waals surface area contributed by atoms with E-state index in [9.17, 15) is 0 Å². The maximum absolute atomic E-state index is 5.99. The number of hydrogen-bond acceptors (Lipinski definition) is 3. The Morgan fingerprint density at radius 1 is 1.40 bits per heavy atom. The summed E-state index contributed by atoms with van der Waals surface area (Å²) < 4.78 is 5.99. The third-order valence-electron chi connectivity index (χ3n) is 3.17. The molecule has 0 saturated carbocycles. The molecule has 1 N–H and O–H groups in total. The standard InChI is InChI=1S/C17H30N2O/c1-8-19(11-13(2)3)12-15-9-14(4)16(20-15)10-18-17(5,6)7/h9,18H,2,8,10-12H2,1,3-7H3. The average molecular weight is 278 g/mol. The van der Waals surface area contributed by atoms with E-state index < -0.39 is 0 Å². The molecule has 1 aromatic rings. The van der Waals surface area contributed by atoms with Gasteiger partial charge in [-0.2, -0.15) is 0 Å². The second-order valence-electron chi connectivity index (χ2n) is 6.68. The Bertz CT molecular complexity index is 440. The predicted octanol–water partition coefficient (Wildman–Crippen LogP) is 3.87. The van der Waals surface area contributed by atoms with E-state index in [2.05, 4.69) is 64.4 Å². The van der Waals surface area contributed by atoms with E-state index in [1.807, 2.05) is 0 Å². The lowest BCUT2D eigenvalue weighted by Gasteiger charge is -2.20. The van der Waals surface area contributed by atoms with Gasteiger partial charge in [0.05, 0.1) is 13.1 Å². The average Bonchev–Trinajstić information content (AvgIpc) is 2.64. The predicted molar refractivity (Wildman–Crippen MR) is 85.8 cm³/mol. The first-order chi connectivity index (χ1) is 9.21. The van der Waals surface area contributed by atoms with Crippen LogP contribution in [0.2, 0.25) is 0 Å². The van der Waals surface area contributed by atoms with E-state index >= 15 is 0 Å². The van der Waals surface area contributed by atoms with Gasteiger partial charge in [-0.25, -0.2) is 0 Å². The van der Waals surface area contributed by atoms with Crippen molar-refractivity contribution >= 4 is 0 Å². The van der Waals surface area contributed by atoms with Crippen LogP contribution in [-0.4, -0.2) is 23.5 Å². The zero-order valence-electron chi connectivity index (χ0n) is 14.0. The Hall–Kier alpha value is -1.06. The van der Waals surface area contributed by atoms with E-state index in [0.29, 0.717) is 0 Å². The van der Waals surface area contributed by atoms with Gasteiger partial charge in [0.2, 0.25) is 0 Å². The number of furan rings is 1. The second kappa shape index (κ2) is 7.09. The largest absolute Gasteiger partial charge is 0.463 e. The molecule has 0 aliphatic rings. The van der Waals surface area contributed by atoms with Crippen LogP contribution in [0.1, 0.15) is 51.7 Å². The Balaban J connectivity index is 2.66. The summed E-state index contributed by atoms with van der Waals surface area (Å²) in [5.74, 6) is 2.08. The van der Waals surface area contributed by atoms with Crippen molar-refractivity contribution in [3.63, 3.8) is 0 Å². The van der Waals surface area contributed by atoms with Gasteiger partial charge in [-0.1, -0.05) is 19.1 Å². The van der Waals surface area contributed by atoms with Crippen molar-refractivity contribution in [2.75, 3.05) is 13.1 Å². The van der Waals surface area contributed by atoms with Crippen molar-refractivity contribution in [2.24, 2.45) is 0 Å². The van der Waals surface area contributed by atoms with Gasteiger partial charge >= 0.3 is 0 Å². The van der Waals surface area contributed by atoms with Crippen LogP contribution in [-0.2, 0) is 13.1 Å². The molecule has 0 unspecified atom stereocenters. The second-order valence-corrected chi connectivity index (χ2v) is 6.68. The first kappa shape index (κ1) is 17.0. The molecular weight excluding hydrogens is 248 g/mol. The molecule has 1 heterocycles. The monoisotopic (exact) mass is 278 g/mol. The molecule has 0 bridgehead atoms. The molecule has 3 nitrogen and oxygen atoms in total. The smallest absolute Gasteiger partial charge is 0.120 e. The van der Waals surface area contributed by atoms with Gasteiger partial charge in [0, 0.05) is 12.1 Å². The minimum atomic E-state index is 0.106. The van der Waals surface area contributed by atoms with Crippen LogP contribution in [0.4, 0.5) is 0 Å². The van der Waals surface area contributed by atoms with Crippen molar-refractivity contribution in [1.82, 2.24) is 10.2 Å². The first-order valence-electron chi connectivity index (χ1n) is 7.41. The fourth-order valence-electron chi connectivity index (χ4n) is 2.07. The lowest BCUT2D eigenvalue weighted by Crippen LogP contribution is -2.35.